The first-order valence-corrected chi connectivity index (χ1v) is 9.23. The lowest BCUT2D eigenvalue weighted by molar-refractivity contribution is 0.0771. The van der Waals surface area contributed by atoms with E-state index in [1.54, 1.807) is 0 Å². The van der Waals surface area contributed by atoms with Crippen LogP contribution in [-0.4, -0.2) is 17.5 Å². The van der Waals surface area contributed by atoms with Gasteiger partial charge in [-0.05, 0) is 56.2 Å². The summed E-state index contributed by atoms with van der Waals surface area (Å²) in [7, 11) is 0. The lowest BCUT2D eigenvalue weighted by Gasteiger charge is -2.42. The van der Waals surface area contributed by atoms with E-state index < -0.39 is 0 Å². The predicted molar refractivity (Wildman–Crippen MR) is 98.6 cm³/mol. The van der Waals surface area contributed by atoms with Crippen molar-refractivity contribution in [2.45, 2.75) is 57.5 Å². The van der Waals surface area contributed by atoms with Crippen LogP contribution in [0.25, 0.3) is 0 Å². The van der Waals surface area contributed by atoms with Crippen molar-refractivity contribution in [3.63, 3.8) is 0 Å². The Labute approximate surface area is 141 Å². The molecule has 23 heavy (non-hydrogen) atoms. The molecule has 3 rings (SSSR count). The van der Waals surface area contributed by atoms with E-state index in [9.17, 15) is 0 Å². The van der Waals surface area contributed by atoms with E-state index in [0.717, 1.165) is 6.04 Å². The monoisotopic (exact) mass is 307 g/mol. The normalized spacial score (nSPS) is 22.1. The fourth-order valence-electron chi connectivity index (χ4n) is 4.05. The molecular weight excluding hydrogens is 278 g/mol. The maximum absolute atomic E-state index is 2.79. The minimum Gasteiger partial charge on any atom is -0.293 e. The molecule has 2 atom stereocenters. The molecule has 0 spiro atoms. The Bertz CT molecular complexity index is 563. The van der Waals surface area contributed by atoms with Crippen LogP contribution in [-0.2, 0) is 6.42 Å². The van der Waals surface area contributed by atoms with Gasteiger partial charge in [-0.15, -0.1) is 0 Å². The summed E-state index contributed by atoms with van der Waals surface area (Å²) >= 11 is 0. The van der Waals surface area contributed by atoms with Crippen molar-refractivity contribution in [3.8, 4) is 0 Å². The average Bonchev–Trinajstić information content (AvgIpc) is 2.62. The van der Waals surface area contributed by atoms with Crippen LogP contribution in [0, 0.1) is 0 Å². The molecule has 1 aliphatic rings. The Morgan fingerprint density at radius 3 is 2.30 bits per heavy atom. The highest BCUT2D eigenvalue weighted by Gasteiger charge is 2.30. The summed E-state index contributed by atoms with van der Waals surface area (Å²) in [4.78, 5) is 2.79. The molecular formula is C22H29N. The van der Waals surface area contributed by atoms with E-state index in [-0.39, 0.29) is 0 Å². The van der Waals surface area contributed by atoms with Crippen molar-refractivity contribution < 1.29 is 0 Å². The second kappa shape index (κ2) is 8.31. The van der Waals surface area contributed by atoms with Gasteiger partial charge in [0.2, 0.25) is 0 Å². The molecule has 122 valence electrons. The van der Waals surface area contributed by atoms with Crippen LogP contribution in [0.5, 0.6) is 0 Å². The molecule has 0 radical (unpaired) electrons. The highest BCUT2D eigenvalue weighted by atomic mass is 15.2. The van der Waals surface area contributed by atoms with Gasteiger partial charge in [0.1, 0.15) is 0 Å². The number of aryl methyl sites for hydroxylation is 1. The van der Waals surface area contributed by atoms with Gasteiger partial charge in [0.25, 0.3) is 0 Å². The quantitative estimate of drug-likeness (QED) is 0.669. The zero-order valence-electron chi connectivity index (χ0n) is 14.3. The largest absolute Gasteiger partial charge is 0.293 e. The van der Waals surface area contributed by atoms with Gasteiger partial charge in [-0.25, -0.2) is 0 Å². The summed E-state index contributed by atoms with van der Waals surface area (Å²) in [5.74, 6) is 0. The zero-order chi connectivity index (χ0) is 15.9. The molecule has 1 heterocycles. The van der Waals surface area contributed by atoms with Gasteiger partial charge in [0, 0.05) is 12.1 Å². The number of hydrogen-bond donors (Lipinski definition) is 0. The molecule has 0 aliphatic carbocycles. The van der Waals surface area contributed by atoms with Crippen molar-refractivity contribution >= 4 is 0 Å². The number of benzene rings is 2. The Balaban J connectivity index is 1.70. The van der Waals surface area contributed by atoms with E-state index in [2.05, 4.69) is 72.5 Å². The fourth-order valence-corrected chi connectivity index (χ4v) is 4.05. The van der Waals surface area contributed by atoms with Gasteiger partial charge in [0.15, 0.2) is 0 Å². The number of likely N-dealkylation sites (tertiary alicyclic amines) is 1. The maximum atomic E-state index is 2.79. The fraction of sp³-hybridized carbons (Fsp3) is 0.455. The van der Waals surface area contributed by atoms with Crippen LogP contribution in [0.1, 0.15) is 56.2 Å². The minimum atomic E-state index is 0.616. The van der Waals surface area contributed by atoms with Crippen molar-refractivity contribution in [2.24, 2.45) is 0 Å². The summed E-state index contributed by atoms with van der Waals surface area (Å²) in [6.45, 7) is 3.53. The average molecular weight is 307 g/mol. The van der Waals surface area contributed by atoms with Crippen LogP contribution in [0.2, 0.25) is 0 Å². The summed E-state index contributed by atoms with van der Waals surface area (Å²) < 4.78 is 0. The summed E-state index contributed by atoms with van der Waals surface area (Å²) in [6.07, 6.45) is 7.76. The number of nitrogens with zero attached hydrogens (tertiary/aromatic N) is 1. The molecule has 0 N–H and O–H groups in total. The molecule has 0 unspecified atom stereocenters. The molecule has 1 fully saturated rings. The van der Waals surface area contributed by atoms with E-state index in [1.807, 2.05) is 0 Å². The molecule has 0 amide bonds. The second-order valence-electron chi connectivity index (χ2n) is 6.77. The number of hydrogen-bond acceptors (Lipinski definition) is 1. The SMILES string of the molecule is CCCN1[C@@H](CCc2ccccc2)CCC[C@H]1c1ccccc1. The van der Waals surface area contributed by atoms with Gasteiger partial charge in [-0.3, -0.25) is 4.90 Å². The lowest BCUT2D eigenvalue weighted by Crippen LogP contribution is -2.42. The van der Waals surface area contributed by atoms with E-state index >= 15 is 0 Å². The Morgan fingerprint density at radius 2 is 1.61 bits per heavy atom. The topological polar surface area (TPSA) is 3.24 Å². The smallest absolute Gasteiger partial charge is 0.0351 e. The Morgan fingerprint density at radius 1 is 0.913 bits per heavy atom. The molecule has 1 nitrogen and oxygen atoms in total. The minimum absolute atomic E-state index is 0.616. The van der Waals surface area contributed by atoms with Gasteiger partial charge < -0.3 is 0 Å². The summed E-state index contributed by atoms with van der Waals surface area (Å²) in [6, 6.07) is 23.4. The van der Waals surface area contributed by atoms with Crippen LogP contribution >= 0.6 is 0 Å². The molecule has 0 saturated carbocycles. The third kappa shape index (κ3) is 4.23. The predicted octanol–water partition coefficient (Wildman–Crippen LogP) is 5.63. The molecule has 1 aliphatic heterocycles. The number of piperidine rings is 1. The standard InChI is InChI=1S/C22H29N/c1-2-18-23-21(17-16-19-10-5-3-6-11-19)14-9-15-22(23)20-12-7-4-8-13-20/h3-8,10-13,21-22H,2,9,14-18H2,1H3/t21-,22+/m1/s1. The maximum Gasteiger partial charge on any atom is 0.0351 e. The van der Waals surface area contributed by atoms with Gasteiger partial charge in [-0.1, -0.05) is 67.6 Å². The van der Waals surface area contributed by atoms with E-state index in [1.165, 1.54) is 56.2 Å². The summed E-state index contributed by atoms with van der Waals surface area (Å²) in [5.41, 5.74) is 2.98. The number of rotatable bonds is 6. The highest BCUT2D eigenvalue weighted by molar-refractivity contribution is 5.20. The molecule has 2 aromatic carbocycles. The van der Waals surface area contributed by atoms with Gasteiger partial charge in [-0.2, -0.15) is 0 Å². The molecule has 0 aromatic heterocycles. The molecule has 2 aromatic rings. The van der Waals surface area contributed by atoms with E-state index in [0.29, 0.717) is 6.04 Å². The molecule has 1 heteroatoms. The first kappa shape index (κ1) is 16.3. The van der Waals surface area contributed by atoms with Crippen LogP contribution in [0.3, 0.4) is 0 Å². The molecule has 0 bridgehead atoms. The third-order valence-electron chi connectivity index (χ3n) is 5.16. The molecule has 1 saturated heterocycles. The van der Waals surface area contributed by atoms with Crippen LogP contribution < -0.4 is 0 Å². The van der Waals surface area contributed by atoms with E-state index in [4.69, 9.17) is 0 Å². The van der Waals surface area contributed by atoms with Crippen LogP contribution in [0.4, 0.5) is 0 Å². The Hall–Kier alpha value is -1.60. The van der Waals surface area contributed by atoms with Crippen LogP contribution in [0.15, 0.2) is 60.7 Å². The second-order valence-corrected chi connectivity index (χ2v) is 6.77. The van der Waals surface area contributed by atoms with Crippen molar-refractivity contribution in [3.05, 3.63) is 71.8 Å². The summed E-state index contributed by atoms with van der Waals surface area (Å²) in [5, 5.41) is 0. The van der Waals surface area contributed by atoms with Gasteiger partial charge in [0.05, 0.1) is 0 Å². The highest BCUT2D eigenvalue weighted by Crippen LogP contribution is 2.35. The van der Waals surface area contributed by atoms with Crippen molar-refractivity contribution in [2.75, 3.05) is 6.54 Å². The first-order valence-electron chi connectivity index (χ1n) is 9.23. The van der Waals surface area contributed by atoms with Crippen molar-refractivity contribution in [1.82, 2.24) is 4.90 Å². The third-order valence-corrected chi connectivity index (χ3v) is 5.16. The first-order chi connectivity index (χ1) is 11.4. The lowest BCUT2D eigenvalue weighted by atomic mass is 9.88. The Kier molecular flexibility index (Phi) is 5.87. The van der Waals surface area contributed by atoms with Crippen molar-refractivity contribution in [1.29, 1.82) is 0 Å². The van der Waals surface area contributed by atoms with Gasteiger partial charge >= 0.3 is 0 Å². The zero-order valence-corrected chi connectivity index (χ0v) is 14.3.